The number of thiazole rings is 1. The summed E-state index contributed by atoms with van der Waals surface area (Å²) in [5, 5.41) is 4.86. The molecule has 0 radical (unpaired) electrons. The minimum Gasteiger partial charge on any atom is -0.229 e. The molecule has 0 atom stereocenters. The Morgan fingerprint density at radius 2 is 1.81 bits per heavy atom. The highest BCUT2D eigenvalue weighted by Crippen LogP contribution is 2.41. The number of aromatic nitrogens is 3. The second kappa shape index (κ2) is 6.63. The number of hydrogen-bond donors (Lipinski definition) is 0. The molecule has 5 aromatic rings. The van der Waals surface area contributed by atoms with Gasteiger partial charge in [-0.05, 0) is 41.6 Å². The van der Waals surface area contributed by atoms with E-state index >= 15 is 0 Å². The highest BCUT2D eigenvalue weighted by molar-refractivity contribution is 8.01. The molecule has 7 heteroatoms. The van der Waals surface area contributed by atoms with Crippen LogP contribution in [0.1, 0.15) is 0 Å². The molecular weight excluding hydrogens is 402 g/mol. The maximum Gasteiger partial charge on any atom is 0.157 e. The summed E-state index contributed by atoms with van der Waals surface area (Å²) in [4.78, 5) is 14.7. The third-order valence-electron chi connectivity index (χ3n) is 3.95. The Kier molecular flexibility index (Phi) is 4.13. The maximum absolute atomic E-state index is 6.04. The topological polar surface area (TPSA) is 38.7 Å². The van der Waals surface area contributed by atoms with Crippen molar-refractivity contribution in [3.8, 4) is 11.1 Å². The van der Waals surface area contributed by atoms with E-state index in [9.17, 15) is 0 Å². The molecule has 2 aromatic carbocycles. The Balaban J connectivity index is 1.63. The van der Waals surface area contributed by atoms with Crippen molar-refractivity contribution in [2.45, 2.75) is 9.37 Å². The number of nitrogens with zero attached hydrogens (tertiary/aromatic N) is 3. The normalized spacial score (nSPS) is 11.4. The molecule has 0 unspecified atom stereocenters. The number of thiophene rings is 1. The molecule has 0 saturated heterocycles. The molecule has 0 aliphatic heterocycles. The van der Waals surface area contributed by atoms with Gasteiger partial charge in [-0.1, -0.05) is 35.9 Å². The molecule has 0 N–H and O–H groups in total. The second-order valence-corrected chi connectivity index (χ2v) is 9.13. The zero-order chi connectivity index (χ0) is 17.5. The summed E-state index contributed by atoms with van der Waals surface area (Å²) in [6.45, 7) is 0. The molecule has 26 heavy (non-hydrogen) atoms. The van der Waals surface area contributed by atoms with Gasteiger partial charge in [0.15, 0.2) is 4.34 Å². The first-order chi connectivity index (χ1) is 12.8. The van der Waals surface area contributed by atoms with E-state index in [1.807, 2.05) is 42.5 Å². The molecule has 5 rings (SSSR count). The van der Waals surface area contributed by atoms with Crippen molar-refractivity contribution in [1.82, 2.24) is 15.0 Å². The Labute approximate surface area is 166 Å². The lowest BCUT2D eigenvalue weighted by Gasteiger charge is -2.04. The number of hydrogen-bond acceptors (Lipinski definition) is 6. The van der Waals surface area contributed by atoms with Gasteiger partial charge in [0.25, 0.3) is 0 Å². The highest BCUT2D eigenvalue weighted by Gasteiger charge is 2.15. The molecule has 3 heterocycles. The number of para-hydroxylation sites is 1. The van der Waals surface area contributed by atoms with Crippen LogP contribution in [-0.4, -0.2) is 15.0 Å². The third kappa shape index (κ3) is 2.89. The standard InChI is InChI=1S/C19H10ClN3S3/c20-12-7-5-11(6-8-12)13-9-24-17-16(13)18(22-10-21-17)26-19-23-14-3-1-2-4-15(14)25-19/h1-10H. The minimum absolute atomic E-state index is 0.730. The van der Waals surface area contributed by atoms with Gasteiger partial charge in [0.2, 0.25) is 0 Å². The third-order valence-corrected chi connectivity index (χ3v) is 7.19. The summed E-state index contributed by atoms with van der Waals surface area (Å²) in [5.41, 5.74) is 3.26. The summed E-state index contributed by atoms with van der Waals surface area (Å²) < 4.78 is 2.17. The van der Waals surface area contributed by atoms with Crippen molar-refractivity contribution in [2.24, 2.45) is 0 Å². The van der Waals surface area contributed by atoms with Gasteiger partial charge in [-0.15, -0.1) is 22.7 Å². The van der Waals surface area contributed by atoms with Crippen LogP contribution in [0, 0.1) is 0 Å². The van der Waals surface area contributed by atoms with Crippen LogP contribution in [0.4, 0.5) is 0 Å². The van der Waals surface area contributed by atoms with E-state index in [0.717, 1.165) is 41.2 Å². The number of fused-ring (bicyclic) bond motifs is 2. The van der Waals surface area contributed by atoms with Crippen LogP contribution in [0.3, 0.4) is 0 Å². The molecule has 0 amide bonds. The van der Waals surface area contributed by atoms with Crippen molar-refractivity contribution >= 4 is 66.5 Å². The van der Waals surface area contributed by atoms with Gasteiger partial charge in [0.05, 0.1) is 15.6 Å². The van der Waals surface area contributed by atoms with Crippen LogP contribution in [0.2, 0.25) is 5.02 Å². The number of halogens is 1. The first-order valence-electron chi connectivity index (χ1n) is 7.79. The molecular formula is C19H10ClN3S3. The fourth-order valence-corrected chi connectivity index (χ4v) is 5.94. The molecule has 0 bridgehead atoms. The predicted molar refractivity (Wildman–Crippen MR) is 112 cm³/mol. The van der Waals surface area contributed by atoms with E-state index in [-0.39, 0.29) is 0 Å². The first kappa shape index (κ1) is 16.2. The van der Waals surface area contributed by atoms with Crippen molar-refractivity contribution < 1.29 is 0 Å². The summed E-state index contributed by atoms with van der Waals surface area (Å²) >= 11 is 10.9. The number of benzene rings is 2. The van der Waals surface area contributed by atoms with Crippen molar-refractivity contribution in [3.05, 3.63) is 65.3 Å². The van der Waals surface area contributed by atoms with Gasteiger partial charge in [-0.2, -0.15) is 0 Å². The Morgan fingerprint density at radius 1 is 0.962 bits per heavy atom. The van der Waals surface area contributed by atoms with Crippen molar-refractivity contribution in [3.63, 3.8) is 0 Å². The van der Waals surface area contributed by atoms with Gasteiger partial charge in [0, 0.05) is 16.0 Å². The van der Waals surface area contributed by atoms with E-state index in [2.05, 4.69) is 21.4 Å². The van der Waals surface area contributed by atoms with E-state index in [4.69, 9.17) is 16.6 Å². The zero-order valence-electron chi connectivity index (χ0n) is 13.2. The smallest absolute Gasteiger partial charge is 0.157 e. The lowest BCUT2D eigenvalue weighted by atomic mass is 10.1. The van der Waals surface area contributed by atoms with Gasteiger partial charge in [-0.25, -0.2) is 15.0 Å². The van der Waals surface area contributed by atoms with Crippen LogP contribution >= 0.6 is 46.0 Å². The largest absolute Gasteiger partial charge is 0.229 e. The van der Waals surface area contributed by atoms with Crippen LogP contribution in [0.25, 0.3) is 31.6 Å². The summed E-state index contributed by atoms with van der Waals surface area (Å²) in [5.74, 6) is 0. The van der Waals surface area contributed by atoms with Gasteiger partial charge >= 0.3 is 0 Å². The summed E-state index contributed by atoms with van der Waals surface area (Å²) in [6.07, 6.45) is 1.63. The zero-order valence-corrected chi connectivity index (χ0v) is 16.4. The Bertz CT molecular complexity index is 1190. The van der Waals surface area contributed by atoms with Crippen LogP contribution < -0.4 is 0 Å². The van der Waals surface area contributed by atoms with Crippen molar-refractivity contribution in [1.29, 1.82) is 0 Å². The average Bonchev–Trinajstić information content (AvgIpc) is 3.26. The second-order valence-electron chi connectivity index (χ2n) is 5.56. The molecule has 0 fully saturated rings. The molecule has 0 aliphatic carbocycles. The molecule has 0 saturated carbocycles. The SMILES string of the molecule is Clc1ccc(-c2csc3ncnc(Sc4nc5ccccc5s4)c23)cc1. The quantitative estimate of drug-likeness (QED) is 0.307. The van der Waals surface area contributed by atoms with E-state index in [0.29, 0.717) is 0 Å². The fourth-order valence-electron chi connectivity index (χ4n) is 2.74. The summed E-state index contributed by atoms with van der Waals surface area (Å²) in [7, 11) is 0. The van der Waals surface area contributed by atoms with Crippen molar-refractivity contribution in [2.75, 3.05) is 0 Å². The molecule has 0 aliphatic rings. The molecule has 3 nitrogen and oxygen atoms in total. The van der Waals surface area contributed by atoms with Gasteiger partial charge in [-0.3, -0.25) is 0 Å². The average molecular weight is 412 g/mol. The molecule has 0 spiro atoms. The van der Waals surface area contributed by atoms with Crippen LogP contribution in [-0.2, 0) is 0 Å². The molecule has 126 valence electrons. The lowest BCUT2D eigenvalue weighted by molar-refractivity contribution is 1.11. The predicted octanol–water partition coefficient (Wildman–Crippen LogP) is 6.77. The minimum atomic E-state index is 0.730. The monoisotopic (exact) mass is 411 g/mol. The van der Waals surface area contributed by atoms with E-state index in [1.54, 1.807) is 40.8 Å². The van der Waals surface area contributed by atoms with Gasteiger partial charge < -0.3 is 0 Å². The van der Waals surface area contributed by atoms with Gasteiger partial charge in [0.1, 0.15) is 16.2 Å². The van der Waals surface area contributed by atoms with Crippen LogP contribution in [0.15, 0.2) is 69.6 Å². The van der Waals surface area contributed by atoms with E-state index < -0.39 is 0 Å². The number of rotatable bonds is 3. The Morgan fingerprint density at radius 3 is 2.65 bits per heavy atom. The van der Waals surface area contributed by atoms with Crippen LogP contribution in [0.5, 0.6) is 0 Å². The summed E-state index contributed by atoms with van der Waals surface area (Å²) in [6, 6.07) is 16.1. The maximum atomic E-state index is 6.04. The lowest BCUT2D eigenvalue weighted by Crippen LogP contribution is -1.85. The van der Waals surface area contributed by atoms with E-state index in [1.165, 1.54) is 4.70 Å². The Hall–Kier alpha value is -1.99. The fraction of sp³-hybridized carbons (Fsp3) is 0. The first-order valence-corrected chi connectivity index (χ1v) is 10.7. The highest BCUT2D eigenvalue weighted by atomic mass is 35.5. The molecule has 3 aromatic heterocycles.